The Morgan fingerprint density at radius 3 is 2.70 bits per heavy atom. The van der Waals surface area contributed by atoms with Gasteiger partial charge in [-0.3, -0.25) is 10.4 Å². The number of aromatic amines is 1. The molecule has 2 aromatic carbocycles. The summed E-state index contributed by atoms with van der Waals surface area (Å²) in [4.78, 5) is 12.4. The van der Waals surface area contributed by atoms with Crippen LogP contribution in [0.15, 0.2) is 36.4 Å². The number of urea groups is 1. The summed E-state index contributed by atoms with van der Waals surface area (Å²) in [6.07, 6.45) is 5.02. The Labute approximate surface area is 158 Å². The number of aryl methyl sites for hydroxylation is 2. The molecule has 140 valence electrons. The van der Waals surface area contributed by atoms with Crippen LogP contribution in [0.3, 0.4) is 0 Å². The maximum atomic E-state index is 12.4. The average Bonchev–Trinajstić information content (AvgIpc) is 3.28. The normalized spacial score (nSPS) is 14.4. The van der Waals surface area contributed by atoms with Gasteiger partial charge >= 0.3 is 6.03 Å². The number of nitrogens with one attached hydrogen (secondary N) is 3. The third kappa shape index (κ3) is 3.89. The molecule has 0 spiro atoms. The van der Waals surface area contributed by atoms with Crippen molar-refractivity contribution in [3.8, 4) is 5.75 Å². The van der Waals surface area contributed by atoms with Gasteiger partial charge in [0.25, 0.3) is 0 Å². The van der Waals surface area contributed by atoms with Gasteiger partial charge in [0, 0.05) is 17.1 Å². The molecule has 3 aromatic rings. The second-order valence-electron chi connectivity index (χ2n) is 7.20. The first kappa shape index (κ1) is 17.4. The molecule has 1 aliphatic carbocycles. The lowest BCUT2D eigenvalue weighted by Gasteiger charge is -2.12. The lowest BCUT2D eigenvalue weighted by molar-refractivity contribution is 0.210. The molecule has 0 radical (unpaired) electrons. The largest absolute Gasteiger partial charge is 0.490 e. The topological polar surface area (TPSA) is 79.0 Å². The van der Waals surface area contributed by atoms with E-state index in [0.717, 1.165) is 46.3 Å². The number of amides is 2. The Kier molecular flexibility index (Phi) is 4.71. The van der Waals surface area contributed by atoms with Crippen molar-refractivity contribution in [1.82, 2.24) is 10.2 Å². The van der Waals surface area contributed by atoms with E-state index in [9.17, 15) is 4.79 Å². The first-order valence-corrected chi connectivity index (χ1v) is 9.38. The number of nitrogens with zero attached hydrogens (tertiary/aromatic N) is 1. The summed E-state index contributed by atoms with van der Waals surface area (Å²) >= 11 is 0. The Hall–Kier alpha value is -3.02. The molecule has 1 aliphatic rings. The fourth-order valence-electron chi connectivity index (χ4n) is 3.58. The van der Waals surface area contributed by atoms with Crippen LogP contribution in [-0.2, 0) is 0 Å². The minimum Gasteiger partial charge on any atom is -0.490 e. The van der Waals surface area contributed by atoms with Crippen LogP contribution >= 0.6 is 0 Å². The molecule has 0 unspecified atom stereocenters. The Balaban J connectivity index is 1.46. The summed E-state index contributed by atoms with van der Waals surface area (Å²) in [6.45, 7) is 4.00. The monoisotopic (exact) mass is 364 g/mol. The standard InChI is InChI=1S/C21H24N4O2/c1-13-7-10-18(14(2)11-13)22-21(26)23-20-17-9-8-16(12-19(17)24-25-20)27-15-5-3-4-6-15/h7-12,15H,3-6H2,1-2H3,(H3,22,23,24,25,26). The van der Waals surface area contributed by atoms with Crippen LogP contribution in [0.25, 0.3) is 10.9 Å². The smallest absolute Gasteiger partial charge is 0.324 e. The van der Waals surface area contributed by atoms with Crippen molar-refractivity contribution in [2.45, 2.75) is 45.6 Å². The Morgan fingerprint density at radius 1 is 1.11 bits per heavy atom. The van der Waals surface area contributed by atoms with E-state index in [1.54, 1.807) is 0 Å². The predicted octanol–water partition coefficient (Wildman–Crippen LogP) is 5.15. The second kappa shape index (κ2) is 7.31. The molecule has 3 N–H and O–H groups in total. The van der Waals surface area contributed by atoms with Gasteiger partial charge in [0.05, 0.1) is 11.6 Å². The molecular weight excluding hydrogens is 340 g/mol. The van der Waals surface area contributed by atoms with Crippen LogP contribution in [0.2, 0.25) is 0 Å². The molecule has 0 aliphatic heterocycles. The van der Waals surface area contributed by atoms with Crippen LogP contribution in [0.4, 0.5) is 16.3 Å². The zero-order chi connectivity index (χ0) is 18.8. The van der Waals surface area contributed by atoms with E-state index in [-0.39, 0.29) is 6.03 Å². The van der Waals surface area contributed by atoms with E-state index in [4.69, 9.17) is 4.74 Å². The quantitative estimate of drug-likeness (QED) is 0.599. The van der Waals surface area contributed by atoms with E-state index < -0.39 is 0 Å². The number of hydrogen-bond acceptors (Lipinski definition) is 3. The second-order valence-corrected chi connectivity index (χ2v) is 7.20. The molecule has 0 atom stereocenters. The SMILES string of the molecule is Cc1ccc(NC(=O)Nc2n[nH]c3cc(OC4CCCC4)ccc23)c(C)c1. The number of carbonyl (C=O) groups is 1. The maximum absolute atomic E-state index is 12.4. The van der Waals surface area contributed by atoms with E-state index in [0.29, 0.717) is 11.9 Å². The molecular formula is C21H24N4O2. The van der Waals surface area contributed by atoms with Crippen molar-refractivity contribution in [2.24, 2.45) is 0 Å². The number of rotatable bonds is 4. The van der Waals surface area contributed by atoms with Gasteiger partial charge in [-0.15, -0.1) is 0 Å². The number of benzene rings is 2. The third-order valence-electron chi connectivity index (χ3n) is 5.00. The van der Waals surface area contributed by atoms with E-state index in [1.807, 2.05) is 50.2 Å². The molecule has 6 nitrogen and oxygen atoms in total. The van der Waals surface area contributed by atoms with Crippen molar-refractivity contribution < 1.29 is 9.53 Å². The predicted molar refractivity (Wildman–Crippen MR) is 108 cm³/mol. The molecule has 1 saturated carbocycles. The fraction of sp³-hybridized carbons (Fsp3) is 0.333. The lowest BCUT2D eigenvalue weighted by Crippen LogP contribution is -2.20. The summed E-state index contributed by atoms with van der Waals surface area (Å²) < 4.78 is 6.03. The van der Waals surface area contributed by atoms with Crippen LogP contribution < -0.4 is 15.4 Å². The molecule has 1 aromatic heterocycles. The highest BCUT2D eigenvalue weighted by molar-refractivity contribution is 6.04. The van der Waals surface area contributed by atoms with Crippen LogP contribution in [0.1, 0.15) is 36.8 Å². The first-order chi connectivity index (χ1) is 13.1. The molecule has 0 saturated heterocycles. The number of fused-ring (bicyclic) bond motifs is 1. The van der Waals surface area contributed by atoms with Gasteiger partial charge in [0.1, 0.15) is 5.75 Å². The van der Waals surface area contributed by atoms with Crippen molar-refractivity contribution in [2.75, 3.05) is 10.6 Å². The fourth-order valence-corrected chi connectivity index (χ4v) is 3.58. The minimum atomic E-state index is -0.318. The highest BCUT2D eigenvalue weighted by Crippen LogP contribution is 2.28. The van der Waals surface area contributed by atoms with Crippen molar-refractivity contribution in [1.29, 1.82) is 0 Å². The Morgan fingerprint density at radius 2 is 1.93 bits per heavy atom. The van der Waals surface area contributed by atoms with Gasteiger partial charge < -0.3 is 10.1 Å². The van der Waals surface area contributed by atoms with Gasteiger partial charge in [-0.05, 0) is 63.3 Å². The number of aromatic nitrogens is 2. The average molecular weight is 364 g/mol. The highest BCUT2D eigenvalue weighted by Gasteiger charge is 2.17. The number of H-pyrrole nitrogens is 1. The molecule has 1 heterocycles. The summed E-state index contributed by atoms with van der Waals surface area (Å²) in [7, 11) is 0. The van der Waals surface area contributed by atoms with E-state index >= 15 is 0 Å². The summed E-state index contributed by atoms with van der Waals surface area (Å²) in [5.74, 6) is 1.34. The number of ether oxygens (including phenoxy) is 1. The van der Waals surface area contributed by atoms with Crippen LogP contribution in [0.5, 0.6) is 5.75 Å². The molecule has 2 amide bonds. The zero-order valence-corrected chi connectivity index (χ0v) is 15.6. The van der Waals surface area contributed by atoms with Crippen molar-refractivity contribution in [3.05, 3.63) is 47.5 Å². The summed E-state index contributed by atoms with van der Waals surface area (Å²) in [6, 6.07) is 11.4. The number of anilines is 2. The maximum Gasteiger partial charge on any atom is 0.324 e. The Bertz CT molecular complexity index is 973. The van der Waals surface area contributed by atoms with Gasteiger partial charge in [-0.25, -0.2) is 4.79 Å². The van der Waals surface area contributed by atoms with Crippen molar-refractivity contribution in [3.63, 3.8) is 0 Å². The highest BCUT2D eigenvalue weighted by atomic mass is 16.5. The third-order valence-corrected chi connectivity index (χ3v) is 5.00. The van der Waals surface area contributed by atoms with Crippen LogP contribution in [0, 0.1) is 13.8 Å². The lowest BCUT2D eigenvalue weighted by atomic mass is 10.1. The van der Waals surface area contributed by atoms with Gasteiger partial charge in [0.2, 0.25) is 0 Å². The summed E-state index contributed by atoms with van der Waals surface area (Å²) in [5.41, 5.74) is 3.80. The molecule has 1 fully saturated rings. The molecule has 6 heteroatoms. The summed E-state index contributed by atoms with van der Waals surface area (Å²) in [5, 5.41) is 13.7. The van der Waals surface area contributed by atoms with Gasteiger partial charge in [-0.2, -0.15) is 5.10 Å². The van der Waals surface area contributed by atoms with E-state index in [2.05, 4.69) is 20.8 Å². The van der Waals surface area contributed by atoms with Crippen molar-refractivity contribution >= 4 is 28.4 Å². The molecule has 4 rings (SSSR count). The first-order valence-electron chi connectivity index (χ1n) is 9.38. The van der Waals surface area contributed by atoms with E-state index in [1.165, 1.54) is 12.8 Å². The molecule has 27 heavy (non-hydrogen) atoms. The minimum absolute atomic E-state index is 0.312. The van der Waals surface area contributed by atoms with Gasteiger partial charge in [-0.1, -0.05) is 17.7 Å². The number of carbonyl (C=O) groups excluding carboxylic acids is 1. The zero-order valence-electron chi connectivity index (χ0n) is 15.6. The van der Waals surface area contributed by atoms with Crippen LogP contribution in [-0.4, -0.2) is 22.3 Å². The van der Waals surface area contributed by atoms with Gasteiger partial charge in [0.15, 0.2) is 5.82 Å². The molecule has 0 bridgehead atoms. The number of hydrogen-bond donors (Lipinski definition) is 3.